The van der Waals surface area contributed by atoms with E-state index in [0.29, 0.717) is 18.7 Å². The fourth-order valence-corrected chi connectivity index (χ4v) is 3.10. The van der Waals surface area contributed by atoms with Crippen LogP contribution < -0.4 is 21.8 Å². The minimum Gasteiger partial charge on any atom is -0.339 e. The molecule has 0 aliphatic heterocycles. The molecule has 8 heteroatoms. The van der Waals surface area contributed by atoms with E-state index in [1.54, 1.807) is 30.3 Å². The maximum absolute atomic E-state index is 13.2. The van der Waals surface area contributed by atoms with Gasteiger partial charge < -0.3 is 16.4 Å². The van der Waals surface area contributed by atoms with Crippen LogP contribution in [0.25, 0.3) is 0 Å². The summed E-state index contributed by atoms with van der Waals surface area (Å²) in [7, 11) is 0. The van der Waals surface area contributed by atoms with E-state index >= 15 is 0 Å². The van der Waals surface area contributed by atoms with Gasteiger partial charge in [0.25, 0.3) is 11.8 Å². The summed E-state index contributed by atoms with van der Waals surface area (Å²) in [6.45, 7) is 1.08. The van der Waals surface area contributed by atoms with E-state index in [0.717, 1.165) is 22.3 Å². The Hall–Kier alpha value is -4.03. The van der Waals surface area contributed by atoms with Crippen LogP contribution >= 0.6 is 0 Å². The van der Waals surface area contributed by atoms with Crippen molar-refractivity contribution in [2.24, 2.45) is 5.73 Å². The van der Waals surface area contributed by atoms with Gasteiger partial charge in [0.05, 0.1) is 0 Å². The molecule has 0 heterocycles. The number of carbonyl (C=O) groups excluding carboxylic acids is 2. The standard InChI is InChI=1S/C26H25FN4O3/c27-23-3-1-2-21(14-23)17-29-16-20-8-6-18(7-9-20)4-5-19-10-12-22(13-11-19)25(32)30-24(15-28)26(33)31-34/h1-3,6-14,24,29,34H,15-17,28H2,(H,30,32)(H,31,33)/t24-/m0/s1. The number of rotatable bonds is 8. The molecule has 0 aliphatic rings. The Morgan fingerprint density at radius 2 is 1.53 bits per heavy atom. The first-order chi connectivity index (χ1) is 16.5. The minimum atomic E-state index is -1.03. The molecule has 34 heavy (non-hydrogen) atoms. The lowest BCUT2D eigenvalue weighted by Crippen LogP contribution is -2.50. The Kier molecular flexibility index (Phi) is 8.88. The van der Waals surface area contributed by atoms with Crippen molar-refractivity contribution in [1.82, 2.24) is 16.1 Å². The van der Waals surface area contributed by atoms with Gasteiger partial charge in [-0.3, -0.25) is 14.8 Å². The zero-order valence-electron chi connectivity index (χ0n) is 18.3. The number of carbonyl (C=O) groups is 2. The van der Waals surface area contributed by atoms with Crippen molar-refractivity contribution in [3.63, 3.8) is 0 Å². The van der Waals surface area contributed by atoms with Crippen LogP contribution in [0.1, 0.15) is 32.6 Å². The number of halogens is 1. The highest BCUT2D eigenvalue weighted by Gasteiger charge is 2.19. The van der Waals surface area contributed by atoms with Crippen LogP contribution in [-0.4, -0.2) is 29.6 Å². The highest BCUT2D eigenvalue weighted by Crippen LogP contribution is 2.07. The average Bonchev–Trinajstić information content (AvgIpc) is 2.86. The molecule has 3 aromatic carbocycles. The van der Waals surface area contributed by atoms with Crippen molar-refractivity contribution in [3.8, 4) is 11.8 Å². The van der Waals surface area contributed by atoms with Crippen LogP contribution in [0.5, 0.6) is 0 Å². The van der Waals surface area contributed by atoms with Crippen LogP contribution in [0.3, 0.4) is 0 Å². The summed E-state index contributed by atoms with van der Waals surface area (Å²) in [5, 5.41) is 14.4. The van der Waals surface area contributed by atoms with E-state index in [1.807, 2.05) is 30.3 Å². The summed E-state index contributed by atoms with van der Waals surface area (Å²) < 4.78 is 13.2. The lowest BCUT2D eigenvalue weighted by Gasteiger charge is -2.14. The lowest BCUT2D eigenvalue weighted by molar-refractivity contribution is -0.130. The molecular weight excluding hydrogens is 435 g/mol. The zero-order valence-corrected chi connectivity index (χ0v) is 18.3. The lowest BCUT2D eigenvalue weighted by atomic mass is 10.1. The highest BCUT2D eigenvalue weighted by molar-refractivity contribution is 5.97. The van der Waals surface area contributed by atoms with Crippen molar-refractivity contribution < 1.29 is 19.2 Å². The second kappa shape index (κ2) is 12.3. The van der Waals surface area contributed by atoms with Gasteiger partial charge in [-0.15, -0.1) is 0 Å². The van der Waals surface area contributed by atoms with Crippen molar-refractivity contribution in [1.29, 1.82) is 0 Å². The minimum absolute atomic E-state index is 0.149. The second-order valence-corrected chi connectivity index (χ2v) is 7.50. The number of hydrogen-bond acceptors (Lipinski definition) is 5. The van der Waals surface area contributed by atoms with Crippen molar-refractivity contribution in [3.05, 3.63) is 106 Å². The first-order valence-corrected chi connectivity index (χ1v) is 10.6. The number of amides is 2. The molecule has 3 aromatic rings. The Morgan fingerprint density at radius 1 is 0.912 bits per heavy atom. The first kappa shape index (κ1) is 24.6. The molecule has 0 saturated heterocycles. The molecule has 1 atom stereocenters. The van der Waals surface area contributed by atoms with E-state index in [-0.39, 0.29) is 12.4 Å². The molecule has 0 aliphatic carbocycles. The molecule has 3 rings (SSSR count). The summed E-state index contributed by atoms with van der Waals surface area (Å²) >= 11 is 0. The van der Waals surface area contributed by atoms with E-state index < -0.39 is 17.9 Å². The van der Waals surface area contributed by atoms with Crippen LogP contribution in [0, 0.1) is 17.7 Å². The highest BCUT2D eigenvalue weighted by atomic mass is 19.1. The van der Waals surface area contributed by atoms with Gasteiger partial charge in [0.15, 0.2) is 0 Å². The number of nitrogens with two attached hydrogens (primary N) is 1. The summed E-state index contributed by atoms with van der Waals surface area (Å²) in [6, 6.07) is 19.9. The maximum atomic E-state index is 13.2. The van der Waals surface area contributed by atoms with E-state index in [9.17, 15) is 14.0 Å². The molecule has 0 radical (unpaired) electrons. The fraction of sp³-hybridized carbons (Fsp3) is 0.154. The molecule has 174 valence electrons. The van der Waals surface area contributed by atoms with Gasteiger partial charge >= 0.3 is 0 Å². The van der Waals surface area contributed by atoms with Crippen LogP contribution in [-0.2, 0) is 17.9 Å². The molecule has 0 fully saturated rings. The second-order valence-electron chi connectivity index (χ2n) is 7.50. The number of nitrogens with one attached hydrogen (secondary N) is 3. The van der Waals surface area contributed by atoms with Crippen molar-refractivity contribution >= 4 is 11.8 Å². The molecule has 0 aromatic heterocycles. The summed E-state index contributed by atoms with van der Waals surface area (Å²) in [5.41, 5.74) is 10.8. The monoisotopic (exact) mass is 460 g/mol. The molecule has 0 unspecified atom stereocenters. The van der Waals surface area contributed by atoms with Crippen LogP contribution in [0.2, 0.25) is 0 Å². The average molecular weight is 461 g/mol. The summed E-state index contributed by atoms with van der Waals surface area (Å²) in [4.78, 5) is 23.7. The van der Waals surface area contributed by atoms with Crippen molar-refractivity contribution in [2.45, 2.75) is 19.1 Å². The van der Waals surface area contributed by atoms with Crippen LogP contribution in [0.4, 0.5) is 4.39 Å². The predicted octanol–water partition coefficient (Wildman–Crippen LogP) is 2.08. The van der Waals surface area contributed by atoms with E-state index in [2.05, 4.69) is 22.5 Å². The normalized spacial score (nSPS) is 11.1. The van der Waals surface area contributed by atoms with Crippen molar-refractivity contribution in [2.75, 3.05) is 6.54 Å². The van der Waals surface area contributed by atoms with Crippen LogP contribution in [0.15, 0.2) is 72.8 Å². The smallest absolute Gasteiger partial charge is 0.267 e. The van der Waals surface area contributed by atoms with E-state index in [1.165, 1.54) is 17.6 Å². The van der Waals surface area contributed by atoms with Gasteiger partial charge in [0, 0.05) is 36.3 Å². The Morgan fingerprint density at radius 3 is 2.12 bits per heavy atom. The molecule has 0 saturated carbocycles. The number of hydrogen-bond donors (Lipinski definition) is 5. The van der Waals surface area contributed by atoms with Gasteiger partial charge in [-0.2, -0.15) is 0 Å². The fourth-order valence-electron chi connectivity index (χ4n) is 3.10. The van der Waals surface area contributed by atoms with Gasteiger partial charge in [0.1, 0.15) is 11.9 Å². The molecule has 0 spiro atoms. The van der Waals surface area contributed by atoms with Gasteiger partial charge in [-0.05, 0) is 59.7 Å². The van der Waals surface area contributed by atoms with Gasteiger partial charge in [0.2, 0.25) is 0 Å². The topological polar surface area (TPSA) is 116 Å². The largest absolute Gasteiger partial charge is 0.339 e. The third-order valence-corrected chi connectivity index (χ3v) is 4.97. The predicted molar refractivity (Wildman–Crippen MR) is 126 cm³/mol. The van der Waals surface area contributed by atoms with Gasteiger partial charge in [-0.25, -0.2) is 9.87 Å². The Labute approximate surface area is 197 Å². The molecule has 0 bridgehead atoms. The third-order valence-electron chi connectivity index (χ3n) is 4.97. The Bertz CT molecular complexity index is 1190. The summed E-state index contributed by atoms with van der Waals surface area (Å²) in [6.07, 6.45) is 0. The molecule has 2 amide bonds. The Balaban J connectivity index is 1.53. The molecular formula is C26H25FN4O3. The number of hydroxylamine groups is 1. The summed E-state index contributed by atoms with van der Waals surface area (Å²) in [5.74, 6) is 4.61. The molecule has 7 nitrogen and oxygen atoms in total. The SMILES string of the molecule is NC[C@H](NC(=O)c1ccc(C#Cc2ccc(CNCc3cccc(F)c3)cc2)cc1)C(=O)NO. The van der Waals surface area contributed by atoms with E-state index in [4.69, 9.17) is 10.9 Å². The third kappa shape index (κ3) is 7.25. The number of benzene rings is 3. The quantitative estimate of drug-likeness (QED) is 0.201. The molecule has 6 N–H and O–H groups in total. The first-order valence-electron chi connectivity index (χ1n) is 10.6. The zero-order chi connectivity index (χ0) is 24.3. The van der Waals surface area contributed by atoms with Gasteiger partial charge in [-0.1, -0.05) is 36.1 Å². The maximum Gasteiger partial charge on any atom is 0.267 e.